The minimum Gasteiger partial charge on any atom is -0.294 e. The van der Waals surface area contributed by atoms with Gasteiger partial charge in [-0.1, -0.05) is 23.7 Å². The summed E-state index contributed by atoms with van der Waals surface area (Å²) in [5.41, 5.74) is 4.06. The van der Waals surface area contributed by atoms with Gasteiger partial charge in [0, 0.05) is 29.5 Å². The van der Waals surface area contributed by atoms with Crippen molar-refractivity contribution in [1.82, 2.24) is 4.90 Å². The highest BCUT2D eigenvalue weighted by Crippen LogP contribution is 2.27. The van der Waals surface area contributed by atoms with Crippen LogP contribution in [0.3, 0.4) is 0 Å². The molecule has 0 saturated heterocycles. The smallest absolute Gasteiger partial charge is 0.0453 e. The monoisotopic (exact) mass is 277 g/mol. The zero-order chi connectivity index (χ0) is 12.5. The molecule has 0 amide bonds. The summed E-state index contributed by atoms with van der Waals surface area (Å²) in [5, 5.41) is 3.10. The van der Waals surface area contributed by atoms with Crippen LogP contribution in [-0.4, -0.2) is 11.4 Å². The summed E-state index contributed by atoms with van der Waals surface area (Å²) in [5.74, 6) is 0. The molecule has 1 aliphatic rings. The quantitative estimate of drug-likeness (QED) is 0.792. The summed E-state index contributed by atoms with van der Waals surface area (Å²) in [6, 6.07) is 8.41. The first-order valence-electron chi connectivity index (χ1n) is 6.25. The summed E-state index contributed by atoms with van der Waals surface area (Å²) in [6.45, 7) is 5.30. The highest BCUT2D eigenvalue weighted by Gasteiger charge is 2.18. The molecule has 1 nitrogen and oxygen atoms in total. The molecule has 0 N–H and O–H groups in total. The van der Waals surface area contributed by atoms with Gasteiger partial charge in [-0.15, -0.1) is 11.3 Å². The average molecular weight is 278 g/mol. The van der Waals surface area contributed by atoms with Crippen molar-refractivity contribution in [2.45, 2.75) is 26.4 Å². The lowest BCUT2D eigenvalue weighted by Crippen LogP contribution is -2.29. The topological polar surface area (TPSA) is 3.24 Å². The van der Waals surface area contributed by atoms with Crippen LogP contribution in [0.4, 0.5) is 0 Å². The Morgan fingerprint density at radius 2 is 2.22 bits per heavy atom. The van der Waals surface area contributed by atoms with Crippen LogP contribution in [0.1, 0.15) is 21.6 Å². The molecule has 94 valence electrons. The van der Waals surface area contributed by atoms with Crippen LogP contribution in [0, 0.1) is 6.92 Å². The minimum atomic E-state index is 0.895. The summed E-state index contributed by atoms with van der Waals surface area (Å²) in [4.78, 5) is 4.05. The van der Waals surface area contributed by atoms with Gasteiger partial charge < -0.3 is 0 Å². The van der Waals surface area contributed by atoms with E-state index in [4.69, 9.17) is 11.6 Å². The van der Waals surface area contributed by atoms with Gasteiger partial charge in [-0.3, -0.25) is 4.90 Å². The molecule has 18 heavy (non-hydrogen) atoms. The number of hydrogen-bond acceptors (Lipinski definition) is 2. The number of aryl methyl sites for hydroxylation is 1. The summed E-state index contributed by atoms with van der Waals surface area (Å²) in [7, 11) is 0. The van der Waals surface area contributed by atoms with Crippen molar-refractivity contribution in [3.63, 3.8) is 0 Å². The number of rotatable bonds is 2. The van der Waals surface area contributed by atoms with Gasteiger partial charge in [-0.2, -0.15) is 0 Å². The molecule has 3 heteroatoms. The van der Waals surface area contributed by atoms with Crippen molar-refractivity contribution < 1.29 is 0 Å². The molecule has 0 spiro atoms. The van der Waals surface area contributed by atoms with Crippen molar-refractivity contribution >= 4 is 22.9 Å². The third kappa shape index (κ3) is 2.33. The predicted octanol–water partition coefficient (Wildman–Crippen LogP) is 4.27. The van der Waals surface area contributed by atoms with Gasteiger partial charge in [0.05, 0.1) is 0 Å². The fourth-order valence-corrected chi connectivity index (χ4v) is 3.70. The second-order valence-electron chi connectivity index (χ2n) is 4.86. The molecular weight excluding hydrogens is 262 g/mol. The standard InChI is InChI=1S/C15H16ClNS/c1-11-3-2-4-14(16)13(11)10-17-7-5-15-12(9-17)6-8-18-15/h2-4,6,8H,5,7,9-10H2,1H3. The number of halogens is 1. The summed E-state index contributed by atoms with van der Waals surface area (Å²) < 4.78 is 0. The molecule has 1 aromatic heterocycles. The second-order valence-corrected chi connectivity index (χ2v) is 6.27. The zero-order valence-corrected chi connectivity index (χ0v) is 12.0. The average Bonchev–Trinajstić information content (AvgIpc) is 2.81. The minimum absolute atomic E-state index is 0.895. The molecule has 3 rings (SSSR count). The van der Waals surface area contributed by atoms with E-state index in [9.17, 15) is 0 Å². The van der Waals surface area contributed by atoms with Crippen LogP contribution in [0.15, 0.2) is 29.6 Å². The van der Waals surface area contributed by atoms with E-state index in [1.54, 1.807) is 4.88 Å². The van der Waals surface area contributed by atoms with Crippen molar-refractivity contribution in [2.24, 2.45) is 0 Å². The van der Waals surface area contributed by atoms with E-state index >= 15 is 0 Å². The summed E-state index contributed by atoms with van der Waals surface area (Å²) in [6.07, 6.45) is 1.18. The van der Waals surface area contributed by atoms with E-state index in [-0.39, 0.29) is 0 Å². The fourth-order valence-electron chi connectivity index (χ4n) is 2.53. The van der Waals surface area contributed by atoms with Crippen LogP contribution in [0.25, 0.3) is 0 Å². The molecule has 0 bridgehead atoms. The third-order valence-electron chi connectivity index (χ3n) is 3.62. The van der Waals surface area contributed by atoms with Crippen LogP contribution in [-0.2, 0) is 19.5 Å². The van der Waals surface area contributed by atoms with Gasteiger partial charge in [-0.05, 0) is 47.5 Å². The van der Waals surface area contributed by atoms with E-state index in [0.29, 0.717) is 0 Å². The first kappa shape index (κ1) is 12.2. The lowest BCUT2D eigenvalue weighted by molar-refractivity contribution is 0.247. The lowest BCUT2D eigenvalue weighted by Gasteiger charge is -2.27. The maximum Gasteiger partial charge on any atom is 0.0453 e. The van der Waals surface area contributed by atoms with Crippen LogP contribution in [0.2, 0.25) is 5.02 Å². The van der Waals surface area contributed by atoms with Gasteiger partial charge >= 0.3 is 0 Å². The molecule has 0 aliphatic carbocycles. The number of thiophene rings is 1. The van der Waals surface area contributed by atoms with E-state index in [2.05, 4.69) is 29.3 Å². The Morgan fingerprint density at radius 1 is 1.33 bits per heavy atom. The van der Waals surface area contributed by atoms with Crippen molar-refractivity contribution in [1.29, 1.82) is 0 Å². The van der Waals surface area contributed by atoms with E-state index in [1.165, 1.54) is 23.1 Å². The normalized spacial score (nSPS) is 15.7. The van der Waals surface area contributed by atoms with E-state index in [0.717, 1.165) is 24.7 Å². The van der Waals surface area contributed by atoms with Crippen LogP contribution < -0.4 is 0 Å². The van der Waals surface area contributed by atoms with Gasteiger partial charge in [0.2, 0.25) is 0 Å². The molecule has 0 unspecified atom stereocenters. The van der Waals surface area contributed by atoms with Crippen molar-refractivity contribution in [3.8, 4) is 0 Å². The van der Waals surface area contributed by atoms with E-state index in [1.807, 2.05) is 23.5 Å². The number of fused-ring (bicyclic) bond motifs is 1. The highest BCUT2D eigenvalue weighted by molar-refractivity contribution is 7.10. The van der Waals surface area contributed by atoms with Crippen molar-refractivity contribution in [3.05, 3.63) is 56.2 Å². The van der Waals surface area contributed by atoms with Crippen LogP contribution in [0.5, 0.6) is 0 Å². The maximum atomic E-state index is 6.30. The Hall–Kier alpha value is -0.830. The Kier molecular flexibility index (Phi) is 3.42. The molecule has 1 aromatic carbocycles. The Morgan fingerprint density at radius 3 is 3.06 bits per heavy atom. The maximum absolute atomic E-state index is 6.30. The van der Waals surface area contributed by atoms with Gasteiger partial charge in [0.15, 0.2) is 0 Å². The Bertz CT molecular complexity index is 541. The Balaban J connectivity index is 1.79. The summed E-state index contributed by atoms with van der Waals surface area (Å²) >= 11 is 8.19. The predicted molar refractivity (Wildman–Crippen MR) is 78.3 cm³/mol. The molecule has 0 fully saturated rings. The van der Waals surface area contributed by atoms with Gasteiger partial charge in [-0.25, -0.2) is 0 Å². The number of benzene rings is 1. The second kappa shape index (κ2) is 5.04. The molecular formula is C15H16ClNS. The van der Waals surface area contributed by atoms with Crippen LogP contribution >= 0.6 is 22.9 Å². The molecule has 0 atom stereocenters. The first-order chi connectivity index (χ1) is 8.74. The number of hydrogen-bond donors (Lipinski definition) is 0. The molecule has 0 radical (unpaired) electrons. The third-order valence-corrected chi connectivity index (χ3v) is 5.00. The molecule has 1 aliphatic heterocycles. The molecule has 2 heterocycles. The molecule has 0 saturated carbocycles. The first-order valence-corrected chi connectivity index (χ1v) is 7.51. The van der Waals surface area contributed by atoms with Crippen molar-refractivity contribution in [2.75, 3.05) is 6.54 Å². The zero-order valence-electron chi connectivity index (χ0n) is 10.4. The van der Waals surface area contributed by atoms with E-state index < -0.39 is 0 Å². The van der Waals surface area contributed by atoms with Gasteiger partial charge in [0.1, 0.15) is 0 Å². The lowest BCUT2D eigenvalue weighted by atomic mass is 10.1. The number of nitrogens with zero attached hydrogens (tertiary/aromatic N) is 1. The SMILES string of the molecule is Cc1cccc(Cl)c1CN1CCc2sccc2C1. The molecule has 2 aromatic rings. The fraction of sp³-hybridized carbons (Fsp3) is 0.333. The Labute approximate surface area is 117 Å². The highest BCUT2D eigenvalue weighted by atomic mass is 35.5. The largest absolute Gasteiger partial charge is 0.294 e. The van der Waals surface area contributed by atoms with Gasteiger partial charge in [0.25, 0.3) is 0 Å².